The number of rotatable bonds is 7. The molecule has 0 saturated heterocycles. The predicted octanol–water partition coefficient (Wildman–Crippen LogP) is 5.33. The number of anilines is 1. The Hall–Kier alpha value is -3.12. The monoisotopic (exact) mass is 416 g/mol. The molecule has 0 saturated carbocycles. The number of amides is 1. The molecular weight excluding hydrogens is 392 g/mol. The van der Waals surface area contributed by atoms with Crippen molar-refractivity contribution in [1.29, 1.82) is 0 Å². The van der Waals surface area contributed by atoms with Gasteiger partial charge in [0.1, 0.15) is 0 Å². The normalized spacial score (nSPS) is 11.0. The van der Waals surface area contributed by atoms with Gasteiger partial charge in [0.2, 0.25) is 11.1 Å². The minimum Gasteiger partial charge on any atom is -0.311 e. The number of aromatic amines is 1. The number of thioether (sulfide) groups is 1. The van der Waals surface area contributed by atoms with Crippen molar-refractivity contribution in [3.8, 4) is 11.4 Å². The molecule has 1 N–H and O–H groups in total. The smallest absolute Gasteiger partial charge is 0.237 e. The number of fused-ring (bicyclic) bond motifs is 1. The number of carbonyl (C=O) groups is 1. The van der Waals surface area contributed by atoms with E-state index < -0.39 is 0 Å². The zero-order chi connectivity index (χ0) is 20.9. The van der Waals surface area contributed by atoms with E-state index in [9.17, 15) is 4.79 Å². The molecular formula is C24H24N4OS. The third kappa shape index (κ3) is 4.24. The molecule has 0 fully saturated rings. The van der Waals surface area contributed by atoms with Crippen LogP contribution >= 0.6 is 11.8 Å². The summed E-state index contributed by atoms with van der Waals surface area (Å²) < 4.78 is 0. The number of nitrogens with one attached hydrogen (secondary N) is 1. The summed E-state index contributed by atoms with van der Waals surface area (Å²) in [5, 5.41) is 10.0. The quantitative estimate of drug-likeness (QED) is 0.414. The van der Waals surface area contributed by atoms with Crippen molar-refractivity contribution in [2.75, 3.05) is 17.2 Å². The largest absolute Gasteiger partial charge is 0.311 e. The summed E-state index contributed by atoms with van der Waals surface area (Å²) in [5.74, 6) is 1.04. The van der Waals surface area contributed by atoms with Crippen LogP contribution in [0.1, 0.15) is 19.4 Å². The van der Waals surface area contributed by atoms with Gasteiger partial charge in [0.15, 0.2) is 5.82 Å². The van der Waals surface area contributed by atoms with Crippen LogP contribution in [0.25, 0.3) is 22.2 Å². The van der Waals surface area contributed by atoms with Gasteiger partial charge in [-0.1, -0.05) is 79.3 Å². The molecule has 0 aliphatic heterocycles. The van der Waals surface area contributed by atoms with Crippen LogP contribution in [0.2, 0.25) is 0 Å². The first kappa shape index (κ1) is 20.2. The molecule has 1 aromatic heterocycles. The molecule has 0 bridgehead atoms. The average Bonchev–Trinajstić information content (AvgIpc) is 3.27. The molecule has 0 aliphatic rings. The minimum atomic E-state index is 0.0394. The lowest BCUT2D eigenvalue weighted by atomic mass is 10.1. The lowest BCUT2D eigenvalue weighted by Gasteiger charge is -2.22. The molecule has 0 spiro atoms. The summed E-state index contributed by atoms with van der Waals surface area (Å²) >= 11 is 1.35. The highest BCUT2D eigenvalue weighted by Crippen LogP contribution is 2.28. The molecule has 30 heavy (non-hydrogen) atoms. The third-order valence-electron chi connectivity index (χ3n) is 5.10. The van der Waals surface area contributed by atoms with Crippen LogP contribution in [0.5, 0.6) is 0 Å². The van der Waals surface area contributed by atoms with Crippen molar-refractivity contribution in [1.82, 2.24) is 15.2 Å². The molecule has 152 valence electrons. The number of benzene rings is 3. The van der Waals surface area contributed by atoms with E-state index in [2.05, 4.69) is 52.4 Å². The van der Waals surface area contributed by atoms with Gasteiger partial charge in [0.25, 0.3) is 0 Å². The second-order valence-corrected chi connectivity index (χ2v) is 7.88. The Kier molecular flexibility index (Phi) is 6.14. The molecule has 0 atom stereocenters. The van der Waals surface area contributed by atoms with Crippen molar-refractivity contribution in [2.45, 2.75) is 25.4 Å². The second-order valence-electron chi connectivity index (χ2n) is 6.94. The van der Waals surface area contributed by atoms with Crippen molar-refractivity contribution in [3.63, 3.8) is 0 Å². The first-order chi connectivity index (χ1) is 14.7. The molecule has 0 unspecified atom stereocenters. The molecule has 1 amide bonds. The van der Waals surface area contributed by atoms with Crippen molar-refractivity contribution in [2.24, 2.45) is 0 Å². The predicted molar refractivity (Wildman–Crippen MR) is 124 cm³/mol. The molecule has 0 radical (unpaired) electrons. The van der Waals surface area contributed by atoms with Gasteiger partial charge in [0.05, 0.1) is 11.4 Å². The number of aromatic nitrogens is 3. The SMILES string of the molecule is CCc1ccc(-c2nc(SCC(=O)N(CC)c3cccc4ccccc34)n[nH]2)cc1. The van der Waals surface area contributed by atoms with Crippen LogP contribution in [-0.4, -0.2) is 33.4 Å². The average molecular weight is 417 g/mol. The summed E-state index contributed by atoms with van der Waals surface area (Å²) in [7, 11) is 0. The number of hydrogen-bond donors (Lipinski definition) is 1. The van der Waals surface area contributed by atoms with Crippen molar-refractivity contribution < 1.29 is 4.79 Å². The van der Waals surface area contributed by atoms with E-state index in [0.29, 0.717) is 17.5 Å². The van der Waals surface area contributed by atoms with Gasteiger partial charge in [-0.25, -0.2) is 4.98 Å². The Balaban J connectivity index is 1.46. The maximum absolute atomic E-state index is 13.0. The van der Waals surface area contributed by atoms with E-state index in [1.165, 1.54) is 17.3 Å². The van der Waals surface area contributed by atoms with Gasteiger partial charge in [-0.15, -0.1) is 5.10 Å². The molecule has 4 rings (SSSR count). The Labute approximate surface area is 180 Å². The highest BCUT2D eigenvalue weighted by atomic mass is 32.2. The van der Waals surface area contributed by atoms with E-state index in [0.717, 1.165) is 28.4 Å². The van der Waals surface area contributed by atoms with Crippen molar-refractivity contribution >= 4 is 34.1 Å². The van der Waals surface area contributed by atoms with Gasteiger partial charge in [0, 0.05) is 17.5 Å². The fourth-order valence-electron chi connectivity index (χ4n) is 3.47. The van der Waals surface area contributed by atoms with Gasteiger partial charge in [-0.2, -0.15) is 0 Å². The fourth-order valence-corrected chi connectivity index (χ4v) is 4.14. The van der Waals surface area contributed by atoms with Gasteiger partial charge in [-0.05, 0) is 30.4 Å². The molecule has 6 heteroatoms. The number of aryl methyl sites for hydroxylation is 1. The lowest BCUT2D eigenvalue weighted by Crippen LogP contribution is -2.32. The fraction of sp³-hybridized carbons (Fsp3) is 0.208. The summed E-state index contributed by atoms with van der Waals surface area (Å²) in [5.41, 5.74) is 3.21. The van der Waals surface area contributed by atoms with Crippen LogP contribution in [0, 0.1) is 0 Å². The highest BCUT2D eigenvalue weighted by Gasteiger charge is 2.17. The Morgan fingerprint density at radius 3 is 2.53 bits per heavy atom. The molecule has 5 nitrogen and oxygen atoms in total. The van der Waals surface area contributed by atoms with Crippen LogP contribution in [0.3, 0.4) is 0 Å². The maximum atomic E-state index is 13.0. The first-order valence-corrected chi connectivity index (χ1v) is 11.1. The zero-order valence-corrected chi connectivity index (χ0v) is 17.9. The van der Waals surface area contributed by atoms with E-state index in [-0.39, 0.29) is 11.7 Å². The summed E-state index contributed by atoms with van der Waals surface area (Å²) in [6.07, 6.45) is 1.00. The Bertz CT molecular complexity index is 1150. The molecule has 4 aromatic rings. The second kappa shape index (κ2) is 9.13. The van der Waals surface area contributed by atoms with Crippen LogP contribution in [0.4, 0.5) is 5.69 Å². The zero-order valence-electron chi connectivity index (χ0n) is 17.1. The van der Waals surface area contributed by atoms with E-state index in [1.54, 1.807) is 0 Å². The number of carbonyl (C=O) groups excluding carboxylic acids is 1. The van der Waals surface area contributed by atoms with Gasteiger partial charge < -0.3 is 4.90 Å². The Morgan fingerprint density at radius 2 is 1.77 bits per heavy atom. The lowest BCUT2D eigenvalue weighted by molar-refractivity contribution is -0.116. The van der Waals surface area contributed by atoms with Crippen LogP contribution < -0.4 is 4.90 Å². The van der Waals surface area contributed by atoms with Gasteiger partial charge in [-0.3, -0.25) is 9.89 Å². The molecule has 1 heterocycles. The van der Waals surface area contributed by atoms with E-state index in [1.807, 2.05) is 48.2 Å². The Morgan fingerprint density at radius 1 is 1.00 bits per heavy atom. The van der Waals surface area contributed by atoms with E-state index >= 15 is 0 Å². The van der Waals surface area contributed by atoms with Crippen LogP contribution in [0.15, 0.2) is 71.9 Å². The highest BCUT2D eigenvalue weighted by molar-refractivity contribution is 7.99. The molecule has 3 aromatic carbocycles. The number of hydrogen-bond acceptors (Lipinski definition) is 4. The maximum Gasteiger partial charge on any atom is 0.237 e. The van der Waals surface area contributed by atoms with Gasteiger partial charge >= 0.3 is 0 Å². The first-order valence-electron chi connectivity index (χ1n) is 10.1. The minimum absolute atomic E-state index is 0.0394. The number of nitrogens with zero attached hydrogens (tertiary/aromatic N) is 3. The van der Waals surface area contributed by atoms with Crippen molar-refractivity contribution in [3.05, 3.63) is 72.3 Å². The van der Waals surface area contributed by atoms with E-state index in [4.69, 9.17) is 0 Å². The summed E-state index contributed by atoms with van der Waals surface area (Å²) in [4.78, 5) is 19.3. The third-order valence-corrected chi connectivity index (χ3v) is 5.93. The molecule has 0 aliphatic carbocycles. The standard InChI is InChI=1S/C24H24N4OS/c1-3-17-12-14-19(15-13-17)23-25-24(27-26-23)30-16-22(29)28(4-2)21-11-7-9-18-8-5-6-10-20(18)21/h5-15H,3-4,16H2,1-2H3,(H,25,26,27). The summed E-state index contributed by atoms with van der Waals surface area (Å²) in [6.45, 7) is 4.73. The number of H-pyrrole nitrogens is 1. The topological polar surface area (TPSA) is 61.9 Å². The van der Waals surface area contributed by atoms with Crippen LogP contribution in [-0.2, 0) is 11.2 Å². The summed E-state index contributed by atoms with van der Waals surface area (Å²) in [6, 6.07) is 22.5.